The molecule has 0 heterocycles. The molecule has 0 saturated heterocycles. The number of rotatable bonds is 7. The maximum Gasteiger partial charge on any atom is 0.237 e. The van der Waals surface area contributed by atoms with E-state index in [0.29, 0.717) is 0 Å². The maximum atomic E-state index is 11.0. The zero-order valence-corrected chi connectivity index (χ0v) is 9.32. The summed E-state index contributed by atoms with van der Waals surface area (Å²) in [5, 5.41) is 0. The number of thioether (sulfide) groups is 1. The quantitative estimate of drug-likeness (QED) is 0.286. The van der Waals surface area contributed by atoms with Crippen LogP contribution in [0.1, 0.15) is 33.1 Å². The van der Waals surface area contributed by atoms with Crippen molar-refractivity contribution in [3.05, 3.63) is 0 Å². The van der Waals surface area contributed by atoms with Crippen molar-refractivity contribution >= 4 is 17.7 Å². The van der Waals surface area contributed by atoms with Gasteiger partial charge in [-0.05, 0) is 12.2 Å². The van der Waals surface area contributed by atoms with E-state index in [0.717, 1.165) is 11.5 Å². The van der Waals surface area contributed by atoms with Gasteiger partial charge >= 0.3 is 0 Å². The van der Waals surface area contributed by atoms with Crippen LogP contribution in [-0.4, -0.2) is 17.4 Å². The minimum absolute atomic E-state index is 0.0247. The Bertz CT molecular complexity index is 142. The van der Waals surface area contributed by atoms with Crippen LogP contribution in [0.15, 0.2) is 0 Å². The van der Waals surface area contributed by atoms with E-state index >= 15 is 0 Å². The summed E-state index contributed by atoms with van der Waals surface area (Å²) in [6.45, 7) is 4.09. The number of amides is 1. The highest BCUT2D eigenvalue weighted by Gasteiger charge is 2.10. The molecule has 0 rings (SSSR count). The molecule has 13 heavy (non-hydrogen) atoms. The first-order valence-electron chi connectivity index (χ1n) is 4.80. The molecule has 0 aliphatic rings. The monoisotopic (exact) mass is 204 g/mol. The highest BCUT2D eigenvalue weighted by Crippen LogP contribution is 2.11. The van der Waals surface area contributed by atoms with Gasteiger partial charge in [-0.2, -0.15) is 11.8 Å². The summed E-state index contributed by atoms with van der Waals surface area (Å²) in [5.74, 6) is 6.99. The van der Waals surface area contributed by atoms with Crippen molar-refractivity contribution in [1.29, 1.82) is 0 Å². The van der Waals surface area contributed by atoms with Gasteiger partial charge in [0.25, 0.3) is 0 Å². The maximum absolute atomic E-state index is 11.0. The Morgan fingerprint density at radius 3 is 2.77 bits per heavy atom. The van der Waals surface area contributed by atoms with Gasteiger partial charge in [0.2, 0.25) is 5.91 Å². The van der Waals surface area contributed by atoms with Gasteiger partial charge in [0, 0.05) is 11.7 Å². The van der Waals surface area contributed by atoms with Crippen LogP contribution < -0.4 is 11.3 Å². The lowest BCUT2D eigenvalue weighted by Crippen LogP contribution is -2.35. The number of carbonyl (C=O) groups excluding carboxylic acids is 1. The molecular formula is C9H20N2OS. The third kappa shape index (κ3) is 6.90. The highest BCUT2D eigenvalue weighted by atomic mass is 32.2. The smallest absolute Gasteiger partial charge is 0.237 e. The number of hydrogen-bond acceptors (Lipinski definition) is 3. The van der Waals surface area contributed by atoms with Gasteiger partial charge in [0.1, 0.15) is 0 Å². The lowest BCUT2D eigenvalue weighted by molar-refractivity contribution is -0.123. The molecule has 1 unspecified atom stereocenters. The molecule has 0 aromatic carbocycles. The Labute approximate surface area is 84.8 Å². The van der Waals surface area contributed by atoms with Crippen molar-refractivity contribution in [1.82, 2.24) is 5.43 Å². The van der Waals surface area contributed by atoms with E-state index in [9.17, 15) is 4.79 Å². The molecule has 1 atom stereocenters. The Kier molecular flexibility index (Phi) is 8.24. The summed E-state index contributed by atoms with van der Waals surface area (Å²) < 4.78 is 0. The number of unbranched alkanes of at least 4 members (excludes halogenated alkanes) is 2. The average Bonchev–Trinajstić information content (AvgIpc) is 2.16. The largest absolute Gasteiger partial charge is 0.294 e. The van der Waals surface area contributed by atoms with Crippen molar-refractivity contribution in [2.45, 2.75) is 33.1 Å². The standard InChI is InChI=1S/C9H20N2OS/c1-3-4-5-6-13-7-8(2)9(12)11-10/h8H,3-7,10H2,1-2H3,(H,11,12). The van der Waals surface area contributed by atoms with Crippen LogP contribution in [0.3, 0.4) is 0 Å². The summed E-state index contributed by atoms with van der Waals surface area (Å²) in [6.07, 6.45) is 3.78. The predicted octanol–water partition coefficient (Wildman–Crippen LogP) is 1.54. The topological polar surface area (TPSA) is 55.1 Å². The second-order valence-electron chi connectivity index (χ2n) is 3.19. The van der Waals surface area contributed by atoms with Crippen LogP contribution in [-0.2, 0) is 4.79 Å². The minimum atomic E-state index is -0.0667. The van der Waals surface area contributed by atoms with Crippen LogP contribution in [0.4, 0.5) is 0 Å². The van der Waals surface area contributed by atoms with Gasteiger partial charge < -0.3 is 0 Å². The molecule has 0 aromatic rings. The number of carbonyl (C=O) groups is 1. The molecule has 0 fully saturated rings. The normalized spacial score (nSPS) is 12.5. The Balaban J connectivity index is 3.26. The summed E-state index contributed by atoms with van der Waals surface area (Å²) >= 11 is 1.83. The van der Waals surface area contributed by atoms with E-state index in [-0.39, 0.29) is 11.8 Å². The number of hydrogen-bond donors (Lipinski definition) is 2. The van der Waals surface area contributed by atoms with Gasteiger partial charge in [-0.15, -0.1) is 0 Å². The van der Waals surface area contributed by atoms with E-state index in [2.05, 4.69) is 12.3 Å². The Hall–Kier alpha value is -0.220. The second kappa shape index (κ2) is 8.38. The van der Waals surface area contributed by atoms with E-state index in [4.69, 9.17) is 5.84 Å². The molecule has 0 aliphatic heterocycles. The highest BCUT2D eigenvalue weighted by molar-refractivity contribution is 7.99. The average molecular weight is 204 g/mol. The molecule has 3 nitrogen and oxygen atoms in total. The predicted molar refractivity (Wildman–Crippen MR) is 58.3 cm³/mol. The minimum Gasteiger partial charge on any atom is -0.294 e. The molecule has 0 bridgehead atoms. The van der Waals surface area contributed by atoms with Crippen molar-refractivity contribution < 1.29 is 4.79 Å². The molecule has 78 valence electrons. The van der Waals surface area contributed by atoms with E-state index in [1.165, 1.54) is 19.3 Å². The van der Waals surface area contributed by atoms with E-state index < -0.39 is 0 Å². The number of hydrazine groups is 1. The fraction of sp³-hybridized carbons (Fsp3) is 0.889. The van der Waals surface area contributed by atoms with Gasteiger partial charge in [0.15, 0.2) is 0 Å². The van der Waals surface area contributed by atoms with Crippen LogP contribution >= 0.6 is 11.8 Å². The van der Waals surface area contributed by atoms with Crippen LogP contribution in [0.2, 0.25) is 0 Å². The van der Waals surface area contributed by atoms with E-state index in [1.54, 1.807) is 0 Å². The lowest BCUT2D eigenvalue weighted by Gasteiger charge is -2.08. The van der Waals surface area contributed by atoms with Gasteiger partial charge in [0.05, 0.1) is 0 Å². The third-order valence-electron chi connectivity index (χ3n) is 1.85. The molecule has 1 amide bonds. The zero-order valence-electron chi connectivity index (χ0n) is 8.51. The molecule has 4 heteroatoms. The summed E-state index contributed by atoms with van der Waals surface area (Å²) in [6, 6.07) is 0. The van der Waals surface area contributed by atoms with Crippen molar-refractivity contribution in [3.63, 3.8) is 0 Å². The van der Waals surface area contributed by atoms with Gasteiger partial charge in [-0.1, -0.05) is 26.7 Å². The van der Waals surface area contributed by atoms with E-state index in [1.807, 2.05) is 18.7 Å². The molecule has 0 saturated carbocycles. The molecule has 0 aromatic heterocycles. The first-order valence-corrected chi connectivity index (χ1v) is 5.96. The van der Waals surface area contributed by atoms with Crippen LogP contribution in [0.25, 0.3) is 0 Å². The fourth-order valence-corrected chi connectivity index (χ4v) is 2.01. The Morgan fingerprint density at radius 1 is 1.54 bits per heavy atom. The summed E-state index contributed by atoms with van der Waals surface area (Å²) in [7, 11) is 0. The second-order valence-corrected chi connectivity index (χ2v) is 4.34. The molecule has 0 aliphatic carbocycles. The molecule has 0 radical (unpaired) electrons. The Morgan fingerprint density at radius 2 is 2.23 bits per heavy atom. The molecular weight excluding hydrogens is 184 g/mol. The van der Waals surface area contributed by atoms with Crippen molar-refractivity contribution in [3.8, 4) is 0 Å². The first kappa shape index (κ1) is 12.8. The number of nitrogens with one attached hydrogen (secondary N) is 1. The SMILES string of the molecule is CCCCCSCC(C)C(=O)NN. The fourth-order valence-electron chi connectivity index (χ4n) is 0.932. The molecule has 3 N–H and O–H groups in total. The number of nitrogens with two attached hydrogens (primary N) is 1. The first-order chi connectivity index (χ1) is 6.22. The van der Waals surface area contributed by atoms with Crippen molar-refractivity contribution in [2.24, 2.45) is 11.8 Å². The summed E-state index contributed by atoms with van der Waals surface area (Å²) in [5.41, 5.74) is 2.16. The third-order valence-corrected chi connectivity index (χ3v) is 3.16. The van der Waals surface area contributed by atoms with Crippen molar-refractivity contribution in [2.75, 3.05) is 11.5 Å². The van der Waals surface area contributed by atoms with Gasteiger partial charge in [-0.25, -0.2) is 5.84 Å². The lowest BCUT2D eigenvalue weighted by atomic mass is 10.2. The van der Waals surface area contributed by atoms with Gasteiger partial charge in [-0.3, -0.25) is 10.2 Å². The zero-order chi connectivity index (χ0) is 10.1. The van der Waals surface area contributed by atoms with Crippen LogP contribution in [0, 0.1) is 5.92 Å². The molecule has 0 spiro atoms. The summed E-state index contributed by atoms with van der Waals surface area (Å²) in [4.78, 5) is 11.0. The van der Waals surface area contributed by atoms with Crippen LogP contribution in [0.5, 0.6) is 0 Å².